The minimum atomic E-state index is -0.838. The van der Waals surface area contributed by atoms with Crippen LogP contribution in [0.2, 0.25) is 0 Å². The van der Waals surface area contributed by atoms with Crippen molar-refractivity contribution in [3.05, 3.63) is 0 Å². The predicted octanol–water partition coefficient (Wildman–Crippen LogP) is 0.908. The highest BCUT2D eigenvalue weighted by molar-refractivity contribution is 5.79. The highest BCUT2D eigenvalue weighted by atomic mass is 16.5. The standard InChI is InChI=1S/C14H21N3O4/c1-2-14(12(18)19)4-3-5-17(10-14)13(20)16-6-7-21-11(8-15)9-16/h11H,2-7,9-10H2,1H3,(H,18,19). The number of aliphatic carboxylic acids is 1. The zero-order chi connectivity index (χ0) is 15.5. The van der Waals surface area contributed by atoms with Crippen molar-refractivity contribution in [1.82, 2.24) is 9.80 Å². The molecule has 2 unspecified atom stereocenters. The third kappa shape index (κ3) is 3.10. The highest BCUT2D eigenvalue weighted by Crippen LogP contribution is 2.34. The van der Waals surface area contributed by atoms with E-state index in [1.165, 1.54) is 0 Å². The van der Waals surface area contributed by atoms with Crippen LogP contribution in [-0.2, 0) is 9.53 Å². The van der Waals surface area contributed by atoms with Crippen LogP contribution < -0.4 is 0 Å². The molecule has 0 aromatic rings. The molecule has 2 amide bonds. The minimum absolute atomic E-state index is 0.183. The number of hydrogen-bond donors (Lipinski definition) is 1. The number of carboxylic acid groups (broad SMARTS) is 1. The van der Waals surface area contributed by atoms with E-state index in [0.717, 1.165) is 0 Å². The van der Waals surface area contributed by atoms with Gasteiger partial charge >= 0.3 is 12.0 Å². The summed E-state index contributed by atoms with van der Waals surface area (Å²) in [4.78, 5) is 27.3. The van der Waals surface area contributed by atoms with E-state index in [-0.39, 0.29) is 19.1 Å². The molecule has 116 valence electrons. The zero-order valence-electron chi connectivity index (χ0n) is 12.2. The number of ether oxygens (including phenoxy) is 1. The van der Waals surface area contributed by atoms with Crippen molar-refractivity contribution < 1.29 is 19.4 Å². The Bertz CT molecular complexity index is 462. The van der Waals surface area contributed by atoms with Crippen LogP contribution in [0.4, 0.5) is 4.79 Å². The van der Waals surface area contributed by atoms with Crippen LogP contribution in [0.1, 0.15) is 26.2 Å². The summed E-state index contributed by atoms with van der Waals surface area (Å²) in [5.74, 6) is -0.834. The van der Waals surface area contributed by atoms with E-state index in [4.69, 9.17) is 10.00 Å². The number of morpholine rings is 1. The van der Waals surface area contributed by atoms with Crippen LogP contribution in [0.25, 0.3) is 0 Å². The van der Waals surface area contributed by atoms with Crippen molar-refractivity contribution in [2.75, 3.05) is 32.8 Å². The Morgan fingerprint density at radius 1 is 1.43 bits per heavy atom. The smallest absolute Gasteiger partial charge is 0.320 e. The molecule has 0 bridgehead atoms. The molecule has 0 aromatic heterocycles. The maximum atomic E-state index is 12.5. The van der Waals surface area contributed by atoms with E-state index < -0.39 is 17.5 Å². The van der Waals surface area contributed by atoms with Crippen molar-refractivity contribution in [3.63, 3.8) is 0 Å². The first-order valence-corrected chi connectivity index (χ1v) is 7.31. The van der Waals surface area contributed by atoms with Gasteiger partial charge in [-0.2, -0.15) is 5.26 Å². The summed E-state index contributed by atoms with van der Waals surface area (Å²) in [6.07, 6.45) is 1.21. The lowest BCUT2D eigenvalue weighted by Crippen LogP contribution is -2.56. The van der Waals surface area contributed by atoms with E-state index >= 15 is 0 Å². The van der Waals surface area contributed by atoms with Crippen LogP contribution in [0.15, 0.2) is 0 Å². The van der Waals surface area contributed by atoms with Gasteiger partial charge in [0.2, 0.25) is 0 Å². The van der Waals surface area contributed by atoms with Crippen LogP contribution in [0, 0.1) is 16.7 Å². The van der Waals surface area contributed by atoms with E-state index in [1.807, 2.05) is 13.0 Å². The van der Waals surface area contributed by atoms with Crippen molar-refractivity contribution in [2.45, 2.75) is 32.3 Å². The lowest BCUT2D eigenvalue weighted by molar-refractivity contribution is -0.152. The average molecular weight is 295 g/mol. The number of urea groups is 1. The fourth-order valence-electron chi connectivity index (χ4n) is 3.01. The number of rotatable bonds is 2. The number of amides is 2. The van der Waals surface area contributed by atoms with Gasteiger partial charge in [-0.3, -0.25) is 4.79 Å². The second-order valence-corrected chi connectivity index (χ2v) is 5.68. The molecule has 0 saturated carbocycles. The molecule has 0 aliphatic carbocycles. The quantitative estimate of drug-likeness (QED) is 0.817. The van der Waals surface area contributed by atoms with E-state index in [0.29, 0.717) is 39.0 Å². The third-order valence-electron chi connectivity index (χ3n) is 4.46. The molecule has 2 atom stereocenters. The van der Waals surface area contributed by atoms with Crippen molar-refractivity contribution in [2.24, 2.45) is 5.41 Å². The molecule has 7 nitrogen and oxygen atoms in total. The maximum absolute atomic E-state index is 12.5. The first-order chi connectivity index (χ1) is 10.0. The number of carbonyl (C=O) groups is 2. The van der Waals surface area contributed by atoms with Crippen molar-refractivity contribution in [3.8, 4) is 6.07 Å². The number of piperidine rings is 1. The summed E-state index contributed by atoms with van der Waals surface area (Å²) >= 11 is 0. The molecule has 2 saturated heterocycles. The number of carboxylic acids is 1. The molecule has 0 radical (unpaired) electrons. The fraction of sp³-hybridized carbons (Fsp3) is 0.786. The van der Waals surface area contributed by atoms with Crippen LogP contribution in [-0.4, -0.2) is 65.8 Å². The van der Waals surface area contributed by atoms with Crippen LogP contribution in [0.5, 0.6) is 0 Å². The Balaban J connectivity index is 2.05. The summed E-state index contributed by atoms with van der Waals surface area (Å²) in [6, 6.07) is 1.83. The van der Waals surface area contributed by atoms with Gasteiger partial charge in [0, 0.05) is 19.6 Å². The minimum Gasteiger partial charge on any atom is -0.481 e. The van der Waals surface area contributed by atoms with Gasteiger partial charge in [0.25, 0.3) is 0 Å². The Kier molecular flexibility index (Phi) is 4.68. The molecule has 0 spiro atoms. The largest absolute Gasteiger partial charge is 0.481 e. The molecule has 1 N–H and O–H groups in total. The molecule has 2 rings (SSSR count). The molecule has 2 heterocycles. The Morgan fingerprint density at radius 2 is 2.19 bits per heavy atom. The van der Waals surface area contributed by atoms with Gasteiger partial charge in [-0.1, -0.05) is 6.92 Å². The summed E-state index contributed by atoms with van der Waals surface area (Å²) in [6.45, 7) is 3.70. The summed E-state index contributed by atoms with van der Waals surface area (Å²) in [5.41, 5.74) is -0.838. The van der Waals surface area contributed by atoms with E-state index in [1.54, 1.807) is 9.80 Å². The highest BCUT2D eigenvalue weighted by Gasteiger charge is 2.43. The summed E-state index contributed by atoms with van der Waals surface area (Å²) in [5, 5.41) is 18.4. The SMILES string of the molecule is CCC1(C(=O)O)CCCN(C(=O)N2CCOC(C#N)C2)C1. The number of likely N-dealkylation sites (tertiary alicyclic amines) is 1. The second-order valence-electron chi connectivity index (χ2n) is 5.68. The first-order valence-electron chi connectivity index (χ1n) is 7.31. The molecule has 21 heavy (non-hydrogen) atoms. The van der Waals surface area contributed by atoms with Crippen molar-refractivity contribution >= 4 is 12.0 Å². The molecule has 0 aromatic carbocycles. The number of nitriles is 1. The number of nitrogens with zero attached hydrogens (tertiary/aromatic N) is 3. The van der Waals surface area contributed by atoms with Gasteiger partial charge in [-0.15, -0.1) is 0 Å². The third-order valence-corrected chi connectivity index (χ3v) is 4.46. The van der Waals surface area contributed by atoms with Gasteiger partial charge in [0.05, 0.1) is 24.6 Å². The normalized spacial score (nSPS) is 29.8. The maximum Gasteiger partial charge on any atom is 0.320 e. The first kappa shape index (κ1) is 15.6. The Hall–Kier alpha value is -1.81. The number of hydrogen-bond acceptors (Lipinski definition) is 4. The molecule has 2 aliphatic heterocycles. The number of carbonyl (C=O) groups excluding carboxylic acids is 1. The second kappa shape index (κ2) is 6.31. The van der Waals surface area contributed by atoms with Gasteiger partial charge < -0.3 is 19.6 Å². The monoisotopic (exact) mass is 295 g/mol. The Morgan fingerprint density at radius 3 is 2.81 bits per heavy atom. The van der Waals surface area contributed by atoms with Gasteiger partial charge in [-0.25, -0.2) is 4.79 Å². The molecule has 7 heteroatoms. The van der Waals surface area contributed by atoms with Gasteiger partial charge in [-0.05, 0) is 19.3 Å². The zero-order valence-corrected chi connectivity index (χ0v) is 12.2. The van der Waals surface area contributed by atoms with Gasteiger partial charge in [0.1, 0.15) is 0 Å². The lowest BCUT2D eigenvalue weighted by Gasteiger charge is -2.42. The fourth-order valence-corrected chi connectivity index (χ4v) is 3.01. The van der Waals surface area contributed by atoms with Crippen molar-refractivity contribution in [1.29, 1.82) is 5.26 Å². The van der Waals surface area contributed by atoms with Gasteiger partial charge in [0.15, 0.2) is 6.10 Å². The topological polar surface area (TPSA) is 93.9 Å². The Labute approximate surface area is 124 Å². The molecular weight excluding hydrogens is 274 g/mol. The van der Waals surface area contributed by atoms with Crippen LogP contribution in [0.3, 0.4) is 0 Å². The van der Waals surface area contributed by atoms with E-state index in [2.05, 4.69) is 0 Å². The lowest BCUT2D eigenvalue weighted by atomic mass is 9.78. The summed E-state index contributed by atoms with van der Waals surface area (Å²) < 4.78 is 5.23. The molecule has 2 fully saturated rings. The van der Waals surface area contributed by atoms with E-state index in [9.17, 15) is 14.7 Å². The predicted molar refractivity (Wildman–Crippen MR) is 73.5 cm³/mol. The molecule has 2 aliphatic rings. The van der Waals surface area contributed by atoms with Crippen LogP contribution >= 0.6 is 0 Å². The average Bonchev–Trinajstić information content (AvgIpc) is 2.54. The molecular formula is C14H21N3O4. The summed E-state index contributed by atoms with van der Waals surface area (Å²) in [7, 11) is 0.